The Balaban J connectivity index is 1.49. The molecule has 0 N–H and O–H groups in total. The van der Waals surface area contributed by atoms with Gasteiger partial charge in [-0.3, -0.25) is 0 Å². The van der Waals surface area contributed by atoms with Crippen molar-refractivity contribution in [3.05, 3.63) is 88.5 Å². The summed E-state index contributed by atoms with van der Waals surface area (Å²) in [5.74, 6) is 1.45. The van der Waals surface area contributed by atoms with Crippen molar-refractivity contribution in [2.45, 2.75) is 25.7 Å². The predicted molar refractivity (Wildman–Crippen MR) is 91.7 cm³/mol. The van der Waals surface area contributed by atoms with Gasteiger partial charge in [-0.1, -0.05) is 66.3 Å². The Kier molecular flexibility index (Phi) is 2.67. The van der Waals surface area contributed by atoms with E-state index in [1.807, 2.05) is 0 Å². The van der Waals surface area contributed by atoms with Crippen LogP contribution in [0, 0.1) is 11.8 Å². The highest BCUT2D eigenvalue weighted by Crippen LogP contribution is 2.54. The summed E-state index contributed by atoms with van der Waals surface area (Å²) in [6.45, 7) is 0. The molecule has 0 radical (unpaired) electrons. The van der Waals surface area contributed by atoms with E-state index in [4.69, 9.17) is 0 Å². The third kappa shape index (κ3) is 1.76. The van der Waals surface area contributed by atoms with E-state index >= 15 is 0 Å². The number of hydrogen-bond donors (Lipinski definition) is 0. The lowest BCUT2D eigenvalue weighted by Crippen LogP contribution is -2.01. The smallest absolute Gasteiger partial charge is 0.00329 e. The van der Waals surface area contributed by atoms with E-state index in [0.29, 0.717) is 5.92 Å². The first-order valence-electron chi connectivity index (χ1n) is 8.46. The standard InChI is InChI=1S/C22H20/c1-2-5-15(6-3-1)9-10-16-7-4-8-18-14-20-17-11-12-19(13-17)22(20)21(16)18/h1-8,11-12,17,19H,9-10,13-14H2. The molecular formula is C22H20. The molecule has 5 rings (SSSR count). The van der Waals surface area contributed by atoms with Crippen LogP contribution in [0.25, 0.3) is 5.57 Å². The summed E-state index contributed by atoms with van der Waals surface area (Å²) >= 11 is 0. The number of rotatable bonds is 3. The van der Waals surface area contributed by atoms with Gasteiger partial charge in [-0.25, -0.2) is 0 Å². The van der Waals surface area contributed by atoms with Gasteiger partial charge in [-0.15, -0.1) is 0 Å². The van der Waals surface area contributed by atoms with Crippen molar-refractivity contribution in [1.82, 2.24) is 0 Å². The quantitative estimate of drug-likeness (QED) is 0.697. The van der Waals surface area contributed by atoms with E-state index < -0.39 is 0 Å². The summed E-state index contributed by atoms with van der Waals surface area (Å²) in [4.78, 5) is 0. The third-order valence-electron chi connectivity index (χ3n) is 5.66. The van der Waals surface area contributed by atoms with E-state index in [-0.39, 0.29) is 0 Å². The Bertz CT molecular complexity index is 792. The molecule has 0 amide bonds. The number of benzene rings is 2. The Morgan fingerprint density at radius 2 is 1.68 bits per heavy atom. The van der Waals surface area contributed by atoms with Gasteiger partial charge in [0.25, 0.3) is 0 Å². The molecule has 108 valence electrons. The summed E-state index contributed by atoms with van der Waals surface area (Å²) in [7, 11) is 0. The second-order valence-corrected chi connectivity index (χ2v) is 6.89. The molecule has 0 heterocycles. The van der Waals surface area contributed by atoms with Crippen molar-refractivity contribution in [3.63, 3.8) is 0 Å². The Hall–Kier alpha value is -2.08. The molecule has 0 saturated carbocycles. The number of aryl methyl sites for hydroxylation is 2. The lowest BCUT2D eigenvalue weighted by atomic mass is 9.89. The van der Waals surface area contributed by atoms with Crippen molar-refractivity contribution in [1.29, 1.82) is 0 Å². The summed E-state index contributed by atoms with van der Waals surface area (Å²) in [6.07, 6.45) is 9.74. The Morgan fingerprint density at radius 1 is 0.818 bits per heavy atom. The van der Waals surface area contributed by atoms with Gasteiger partial charge in [-0.2, -0.15) is 0 Å². The van der Waals surface area contributed by atoms with Gasteiger partial charge >= 0.3 is 0 Å². The van der Waals surface area contributed by atoms with Crippen molar-refractivity contribution in [2.24, 2.45) is 11.8 Å². The molecule has 0 aliphatic heterocycles. The molecule has 0 heteroatoms. The lowest BCUT2D eigenvalue weighted by molar-refractivity contribution is 0.701. The van der Waals surface area contributed by atoms with Crippen molar-refractivity contribution >= 4 is 5.57 Å². The molecule has 0 nitrogen and oxygen atoms in total. The molecule has 0 spiro atoms. The first-order valence-corrected chi connectivity index (χ1v) is 8.46. The average molecular weight is 284 g/mol. The molecule has 2 aromatic rings. The van der Waals surface area contributed by atoms with Gasteiger partial charge in [0, 0.05) is 5.92 Å². The maximum absolute atomic E-state index is 2.45. The second kappa shape index (κ2) is 4.71. The van der Waals surface area contributed by atoms with Gasteiger partial charge in [0.2, 0.25) is 0 Å². The molecule has 3 aliphatic rings. The van der Waals surface area contributed by atoms with Gasteiger partial charge in [0.15, 0.2) is 0 Å². The molecular weight excluding hydrogens is 264 g/mol. The van der Waals surface area contributed by atoms with Gasteiger partial charge in [-0.05, 0) is 59.4 Å². The molecule has 2 aromatic carbocycles. The largest absolute Gasteiger partial charge is 0.0807 e. The van der Waals surface area contributed by atoms with Crippen LogP contribution in [0.15, 0.2) is 66.3 Å². The van der Waals surface area contributed by atoms with E-state index in [1.54, 1.807) is 27.8 Å². The van der Waals surface area contributed by atoms with Crippen LogP contribution in [-0.2, 0) is 19.3 Å². The van der Waals surface area contributed by atoms with Crippen LogP contribution in [-0.4, -0.2) is 0 Å². The highest BCUT2D eigenvalue weighted by atomic mass is 14.4. The van der Waals surface area contributed by atoms with Crippen LogP contribution in [0.3, 0.4) is 0 Å². The molecule has 3 aliphatic carbocycles. The summed E-state index contributed by atoms with van der Waals surface area (Å²) in [5.41, 5.74) is 9.63. The fraction of sp³-hybridized carbons (Fsp3) is 0.273. The zero-order valence-corrected chi connectivity index (χ0v) is 12.8. The summed E-state index contributed by atoms with van der Waals surface area (Å²) in [5, 5.41) is 0. The Labute approximate surface area is 132 Å². The maximum Gasteiger partial charge on any atom is 0.00329 e. The number of fused-ring (bicyclic) bond motifs is 6. The van der Waals surface area contributed by atoms with Crippen LogP contribution in [0.2, 0.25) is 0 Å². The lowest BCUT2D eigenvalue weighted by Gasteiger charge is -2.15. The molecule has 22 heavy (non-hydrogen) atoms. The molecule has 2 unspecified atom stereocenters. The monoisotopic (exact) mass is 284 g/mol. The van der Waals surface area contributed by atoms with Crippen LogP contribution in [0.4, 0.5) is 0 Å². The zero-order valence-electron chi connectivity index (χ0n) is 12.8. The Morgan fingerprint density at radius 3 is 2.59 bits per heavy atom. The molecule has 0 aromatic heterocycles. The number of hydrogen-bond acceptors (Lipinski definition) is 0. The summed E-state index contributed by atoms with van der Waals surface area (Å²) in [6, 6.07) is 17.8. The minimum Gasteiger partial charge on any atom is -0.0807 e. The van der Waals surface area contributed by atoms with E-state index in [9.17, 15) is 0 Å². The van der Waals surface area contributed by atoms with Crippen LogP contribution >= 0.6 is 0 Å². The molecule has 0 fully saturated rings. The maximum atomic E-state index is 2.45. The van der Waals surface area contributed by atoms with E-state index in [1.165, 1.54) is 18.4 Å². The van der Waals surface area contributed by atoms with Gasteiger partial charge in [0.1, 0.15) is 0 Å². The van der Waals surface area contributed by atoms with Gasteiger partial charge in [0.05, 0.1) is 0 Å². The van der Waals surface area contributed by atoms with Crippen LogP contribution < -0.4 is 0 Å². The third-order valence-corrected chi connectivity index (χ3v) is 5.66. The normalized spacial score (nSPS) is 24.0. The van der Waals surface area contributed by atoms with Crippen LogP contribution in [0.5, 0.6) is 0 Å². The topological polar surface area (TPSA) is 0 Å². The molecule has 2 bridgehead atoms. The molecule has 0 saturated heterocycles. The van der Waals surface area contributed by atoms with Gasteiger partial charge < -0.3 is 0 Å². The minimum absolute atomic E-state index is 0.708. The van der Waals surface area contributed by atoms with Crippen LogP contribution in [0.1, 0.15) is 28.7 Å². The second-order valence-electron chi connectivity index (χ2n) is 6.89. The molecule has 2 atom stereocenters. The van der Waals surface area contributed by atoms with Crippen molar-refractivity contribution < 1.29 is 0 Å². The fourth-order valence-electron chi connectivity index (χ4n) is 4.67. The zero-order chi connectivity index (χ0) is 14.5. The predicted octanol–water partition coefficient (Wildman–Crippen LogP) is 4.99. The average Bonchev–Trinajstić information content (AvgIpc) is 3.25. The highest BCUT2D eigenvalue weighted by Gasteiger charge is 2.40. The first-order chi connectivity index (χ1) is 10.9. The van der Waals surface area contributed by atoms with E-state index in [2.05, 4.69) is 60.7 Å². The fourth-order valence-corrected chi connectivity index (χ4v) is 4.67. The minimum atomic E-state index is 0.708. The van der Waals surface area contributed by atoms with E-state index in [0.717, 1.165) is 18.8 Å². The highest BCUT2D eigenvalue weighted by molar-refractivity contribution is 5.84. The van der Waals surface area contributed by atoms with Crippen molar-refractivity contribution in [3.8, 4) is 0 Å². The SMILES string of the molecule is C1=CC2CC1C1=C2c2c(CCc3ccccc3)cccc2C1. The summed E-state index contributed by atoms with van der Waals surface area (Å²) < 4.78 is 0. The number of allylic oxidation sites excluding steroid dienone is 4. The first kappa shape index (κ1) is 12.5. The van der Waals surface area contributed by atoms with Crippen molar-refractivity contribution in [2.75, 3.05) is 0 Å².